The van der Waals surface area contributed by atoms with Crippen molar-refractivity contribution in [3.8, 4) is 0 Å². The van der Waals surface area contributed by atoms with E-state index in [9.17, 15) is 4.79 Å². The molecule has 5 heteroatoms. The summed E-state index contributed by atoms with van der Waals surface area (Å²) in [7, 11) is 1.42. The Balaban J connectivity index is 1.64. The van der Waals surface area contributed by atoms with Crippen LogP contribution in [-0.4, -0.2) is 36.2 Å². The van der Waals surface area contributed by atoms with E-state index >= 15 is 0 Å². The molecule has 0 radical (unpaired) electrons. The van der Waals surface area contributed by atoms with Gasteiger partial charge in [0.25, 0.3) is 0 Å². The molecule has 1 amide bonds. The first-order valence-corrected chi connectivity index (χ1v) is 5.97. The van der Waals surface area contributed by atoms with Gasteiger partial charge < -0.3 is 9.64 Å². The Hall–Kier alpha value is -1.29. The summed E-state index contributed by atoms with van der Waals surface area (Å²) < 4.78 is 4.69. The molecule has 90 valence electrons. The first-order chi connectivity index (χ1) is 8.14. The molecule has 0 aromatic carbocycles. The summed E-state index contributed by atoms with van der Waals surface area (Å²) in [5, 5.41) is 0.522. The molecule has 1 aliphatic carbocycles. The number of pyridine rings is 1. The lowest BCUT2D eigenvalue weighted by molar-refractivity contribution is 0.0549. The number of ether oxygens (including phenoxy) is 1. The third-order valence-electron chi connectivity index (χ3n) is 3.79. The van der Waals surface area contributed by atoms with Crippen LogP contribution in [0.4, 0.5) is 4.79 Å². The fourth-order valence-corrected chi connectivity index (χ4v) is 2.85. The molecule has 1 atom stereocenters. The molecule has 2 heterocycles. The molecule has 0 bridgehead atoms. The number of hydrogen-bond donors (Lipinski definition) is 0. The molecule has 1 saturated heterocycles. The van der Waals surface area contributed by atoms with Gasteiger partial charge in [-0.1, -0.05) is 17.7 Å². The fraction of sp³-hybridized carbons (Fsp3) is 0.500. The highest BCUT2D eigenvalue weighted by atomic mass is 35.5. The standard InChI is InChI=1S/C12H13ClN2O2/c1-17-11(16)15-6-12(7-15)4-9(12)8-2-3-10(13)14-5-8/h2-3,5,9H,4,6-7H2,1H3. The second-order valence-electron chi connectivity index (χ2n) is 4.86. The lowest BCUT2D eigenvalue weighted by Gasteiger charge is -2.39. The minimum atomic E-state index is -0.226. The van der Waals surface area contributed by atoms with Crippen LogP contribution in [0.5, 0.6) is 0 Å². The van der Waals surface area contributed by atoms with Gasteiger partial charge in [-0.25, -0.2) is 9.78 Å². The maximum absolute atomic E-state index is 11.3. The van der Waals surface area contributed by atoms with Crippen molar-refractivity contribution in [2.75, 3.05) is 20.2 Å². The van der Waals surface area contributed by atoms with Crippen molar-refractivity contribution in [3.63, 3.8) is 0 Å². The van der Waals surface area contributed by atoms with Crippen LogP contribution in [0.1, 0.15) is 17.9 Å². The van der Waals surface area contributed by atoms with Gasteiger partial charge in [-0.05, 0) is 24.0 Å². The average Bonchev–Trinajstić information content (AvgIpc) is 3.02. The fourth-order valence-electron chi connectivity index (χ4n) is 2.73. The van der Waals surface area contributed by atoms with E-state index < -0.39 is 0 Å². The number of halogens is 1. The summed E-state index contributed by atoms with van der Waals surface area (Å²) in [5.41, 5.74) is 1.50. The van der Waals surface area contributed by atoms with Crippen molar-refractivity contribution in [1.82, 2.24) is 9.88 Å². The molecule has 0 N–H and O–H groups in total. The smallest absolute Gasteiger partial charge is 0.409 e. The third-order valence-corrected chi connectivity index (χ3v) is 4.01. The molecule has 17 heavy (non-hydrogen) atoms. The summed E-state index contributed by atoms with van der Waals surface area (Å²) in [6.07, 6.45) is 2.74. The summed E-state index contributed by atoms with van der Waals surface area (Å²) in [6, 6.07) is 3.84. The summed E-state index contributed by atoms with van der Waals surface area (Å²) in [5.74, 6) is 0.521. The van der Waals surface area contributed by atoms with Crippen molar-refractivity contribution in [3.05, 3.63) is 29.0 Å². The van der Waals surface area contributed by atoms with E-state index in [1.807, 2.05) is 18.3 Å². The third kappa shape index (κ3) is 1.67. The number of aromatic nitrogens is 1. The first-order valence-electron chi connectivity index (χ1n) is 5.59. The number of methoxy groups -OCH3 is 1. The molecule has 1 aliphatic heterocycles. The van der Waals surface area contributed by atoms with Gasteiger partial charge in [-0.3, -0.25) is 0 Å². The molecule has 1 aromatic heterocycles. The van der Waals surface area contributed by atoms with Crippen LogP contribution in [-0.2, 0) is 4.74 Å². The molecular weight excluding hydrogens is 240 g/mol. The largest absolute Gasteiger partial charge is 0.453 e. The molecule has 1 aromatic rings. The quantitative estimate of drug-likeness (QED) is 0.721. The van der Waals surface area contributed by atoms with E-state index in [0.717, 1.165) is 19.5 Å². The minimum Gasteiger partial charge on any atom is -0.453 e. The topological polar surface area (TPSA) is 42.4 Å². The molecule has 3 rings (SSSR count). The number of hydrogen-bond acceptors (Lipinski definition) is 3. The summed E-state index contributed by atoms with van der Waals surface area (Å²) in [4.78, 5) is 17.1. The Morgan fingerprint density at radius 3 is 2.94 bits per heavy atom. The number of carbonyl (C=O) groups is 1. The van der Waals surface area contributed by atoms with Gasteiger partial charge in [0.05, 0.1) is 7.11 Å². The maximum Gasteiger partial charge on any atom is 0.409 e. The Morgan fingerprint density at radius 2 is 2.35 bits per heavy atom. The van der Waals surface area contributed by atoms with E-state index in [0.29, 0.717) is 11.1 Å². The number of likely N-dealkylation sites (tertiary alicyclic amines) is 1. The van der Waals surface area contributed by atoms with Gasteiger partial charge >= 0.3 is 6.09 Å². The minimum absolute atomic E-state index is 0.226. The Morgan fingerprint density at radius 1 is 1.59 bits per heavy atom. The maximum atomic E-state index is 11.3. The molecule has 1 spiro atoms. The second-order valence-corrected chi connectivity index (χ2v) is 5.25. The molecule has 1 unspecified atom stereocenters. The van der Waals surface area contributed by atoms with E-state index in [1.54, 1.807) is 4.90 Å². The van der Waals surface area contributed by atoms with Gasteiger partial charge in [-0.2, -0.15) is 0 Å². The molecule has 4 nitrogen and oxygen atoms in total. The van der Waals surface area contributed by atoms with Crippen LogP contribution >= 0.6 is 11.6 Å². The Kier molecular flexibility index (Phi) is 2.30. The highest BCUT2D eigenvalue weighted by Gasteiger charge is 2.63. The van der Waals surface area contributed by atoms with Crippen molar-refractivity contribution in [2.24, 2.45) is 5.41 Å². The SMILES string of the molecule is COC(=O)N1CC2(CC2c2ccc(Cl)nc2)C1. The molecule has 2 fully saturated rings. The van der Waals surface area contributed by atoms with Crippen LogP contribution < -0.4 is 0 Å². The molecule has 1 saturated carbocycles. The van der Waals surface area contributed by atoms with Gasteiger partial charge in [-0.15, -0.1) is 0 Å². The number of carbonyl (C=O) groups excluding carboxylic acids is 1. The average molecular weight is 253 g/mol. The molecule has 2 aliphatic rings. The van der Waals surface area contributed by atoms with Crippen molar-refractivity contribution >= 4 is 17.7 Å². The van der Waals surface area contributed by atoms with Crippen molar-refractivity contribution in [2.45, 2.75) is 12.3 Å². The van der Waals surface area contributed by atoms with Crippen molar-refractivity contribution < 1.29 is 9.53 Å². The number of nitrogens with zero attached hydrogens (tertiary/aromatic N) is 2. The van der Waals surface area contributed by atoms with E-state index in [2.05, 4.69) is 9.72 Å². The first kappa shape index (κ1) is 10.8. The van der Waals surface area contributed by atoms with Gasteiger partial charge in [0.2, 0.25) is 0 Å². The van der Waals surface area contributed by atoms with Crippen LogP contribution in [0.15, 0.2) is 18.3 Å². The lowest BCUT2D eigenvalue weighted by Crippen LogP contribution is -2.52. The Labute approximate surface area is 105 Å². The van der Waals surface area contributed by atoms with Crippen LogP contribution in [0.3, 0.4) is 0 Å². The van der Waals surface area contributed by atoms with E-state index in [-0.39, 0.29) is 11.5 Å². The van der Waals surface area contributed by atoms with Gasteiger partial charge in [0.15, 0.2) is 0 Å². The molecular formula is C12H13ClN2O2. The van der Waals surface area contributed by atoms with Gasteiger partial charge in [0.1, 0.15) is 5.15 Å². The second kappa shape index (κ2) is 3.60. The summed E-state index contributed by atoms with van der Waals surface area (Å²) in [6.45, 7) is 1.60. The van der Waals surface area contributed by atoms with E-state index in [1.165, 1.54) is 12.7 Å². The number of rotatable bonds is 1. The lowest BCUT2D eigenvalue weighted by atomic mass is 9.92. The van der Waals surface area contributed by atoms with Crippen LogP contribution in [0.2, 0.25) is 5.15 Å². The highest BCUT2D eigenvalue weighted by Crippen LogP contribution is 2.64. The predicted octanol–water partition coefficient (Wildman–Crippen LogP) is 2.29. The monoisotopic (exact) mass is 252 g/mol. The Bertz CT molecular complexity index is 454. The van der Waals surface area contributed by atoms with Crippen LogP contribution in [0, 0.1) is 5.41 Å². The normalized spacial score (nSPS) is 24.4. The summed E-state index contributed by atoms with van der Waals surface area (Å²) >= 11 is 5.76. The predicted molar refractivity (Wildman–Crippen MR) is 63.0 cm³/mol. The zero-order valence-electron chi connectivity index (χ0n) is 9.52. The number of amides is 1. The van der Waals surface area contributed by atoms with Crippen molar-refractivity contribution in [1.29, 1.82) is 0 Å². The van der Waals surface area contributed by atoms with Gasteiger partial charge in [0, 0.05) is 24.7 Å². The van der Waals surface area contributed by atoms with E-state index in [4.69, 9.17) is 11.6 Å². The zero-order chi connectivity index (χ0) is 12.0. The highest BCUT2D eigenvalue weighted by molar-refractivity contribution is 6.29. The zero-order valence-corrected chi connectivity index (χ0v) is 10.3. The van der Waals surface area contributed by atoms with Crippen LogP contribution in [0.25, 0.3) is 0 Å².